The number of rotatable bonds is 0. The Kier molecular flexibility index (Phi) is 1.97. The van der Waals surface area contributed by atoms with Crippen molar-refractivity contribution in [1.29, 1.82) is 0 Å². The molecule has 0 saturated carbocycles. The molecule has 0 fully saturated rings. The zero-order chi connectivity index (χ0) is 7.84. The van der Waals surface area contributed by atoms with E-state index in [1.807, 2.05) is 0 Å². The summed E-state index contributed by atoms with van der Waals surface area (Å²) in [5, 5.41) is 0. The van der Waals surface area contributed by atoms with Crippen LogP contribution in [0.5, 0.6) is 11.5 Å². The Morgan fingerprint density at radius 1 is 1.27 bits per heavy atom. The largest absolute Gasteiger partial charge is 0.485 e. The maximum Gasteiger partial charge on any atom is 0.185 e. The van der Waals surface area contributed by atoms with Crippen LogP contribution in [0.4, 0.5) is 0 Å². The third-order valence-corrected chi connectivity index (χ3v) is 3.53. The van der Waals surface area contributed by atoms with E-state index in [9.17, 15) is 0 Å². The Morgan fingerprint density at radius 2 is 1.91 bits per heavy atom. The third-order valence-electron chi connectivity index (χ3n) is 1.52. The minimum absolute atomic E-state index is 0.680. The van der Waals surface area contributed by atoms with Crippen molar-refractivity contribution >= 4 is 33.9 Å². The van der Waals surface area contributed by atoms with Gasteiger partial charge in [-0.1, -0.05) is 0 Å². The van der Waals surface area contributed by atoms with Crippen molar-refractivity contribution in [2.75, 3.05) is 13.2 Å². The summed E-state index contributed by atoms with van der Waals surface area (Å²) in [5.41, 5.74) is 0. The second-order valence-electron chi connectivity index (χ2n) is 2.29. The van der Waals surface area contributed by atoms with E-state index in [1.54, 1.807) is 11.3 Å². The lowest BCUT2D eigenvalue weighted by atomic mass is 10.4. The summed E-state index contributed by atoms with van der Waals surface area (Å²) in [5.74, 6) is 1.89. The Morgan fingerprint density at radius 3 is 2.55 bits per heavy atom. The van der Waals surface area contributed by atoms with Crippen molar-refractivity contribution < 1.29 is 9.47 Å². The van der Waals surface area contributed by atoms with Crippen molar-refractivity contribution in [3.63, 3.8) is 0 Å². The number of aryl methyl sites for hydroxylation is 1. The smallest absolute Gasteiger partial charge is 0.185 e. The van der Waals surface area contributed by atoms with E-state index in [-0.39, 0.29) is 0 Å². The average molecular weight is 282 g/mol. The molecule has 0 atom stereocenters. The van der Waals surface area contributed by atoms with Gasteiger partial charge in [-0.15, -0.1) is 11.3 Å². The molecule has 0 radical (unpaired) electrons. The van der Waals surface area contributed by atoms with Crippen LogP contribution in [0.3, 0.4) is 0 Å². The summed E-state index contributed by atoms with van der Waals surface area (Å²) in [6.07, 6.45) is 0. The zero-order valence-corrected chi connectivity index (χ0v) is 8.99. The fraction of sp³-hybridized carbons (Fsp3) is 0.429. The van der Waals surface area contributed by atoms with E-state index < -0.39 is 0 Å². The van der Waals surface area contributed by atoms with Gasteiger partial charge in [0.15, 0.2) is 11.5 Å². The summed E-state index contributed by atoms with van der Waals surface area (Å²) >= 11 is 4.00. The summed E-state index contributed by atoms with van der Waals surface area (Å²) in [6, 6.07) is 0. The Bertz CT molecular complexity index is 256. The molecule has 0 amide bonds. The van der Waals surface area contributed by atoms with Crippen molar-refractivity contribution in [1.82, 2.24) is 0 Å². The van der Waals surface area contributed by atoms with Crippen LogP contribution in [0.1, 0.15) is 4.88 Å². The van der Waals surface area contributed by atoms with Crippen molar-refractivity contribution in [2.45, 2.75) is 6.92 Å². The van der Waals surface area contributed by atoms with Crippen molar-refractivity contribution in [3.05, 3.63) is 7.76 Å². The predicted molar refractivity (Wildman–Crippen MR) is 52.8 cm³/mol. The molecule has 0 saturated heterocycles. The van der Waals surface area contributed by atoms with Gasteiger partial charge in [-0.25, -0.2) is 0 Å². The maximum absolute atomic E-state index is 5.46. The number of ether oxygens (including phenoxy) is 2. The molecule has 2 heterocycles. The molecular weight excluding hydrogens is 275 g/mol. The summed E-state index contributed by atoms with van der Waals surface area (Å²) in [4.78, 5) is 1.21. The van der Waals surface area contributed by atoms with Crippen LogP contribution in [0, 0.1) is 9.81 Å². The van der Waals surface area contributed by atoms with Gasteiger partial charge in [0.2, 0.25) is 0 Å². The molecular formula is C7H7IO2S. The Labute approximate surface area is 82.6 Å². The molecule has 60 valence electrons. The lowest BCUT2D eigenvalue weighted by Crippen LogP contribution is -2.14. The van der Waals surface area contributed by atoms with Gasteiger partial charge >= 0.3 is 0 Å². The van der Waals surface area contributed by atoms with Gasteiger partial charge in [-0.05, 0) is 29.5 Å². The van der Waals surface area contributed by atoms with E-state index in [0.29, 0.717) is 13.2 Å². The molecule has 1 aliphatic heterocycles. The molecule has 0 aromatic carbocycles. The number of fused-ring (bicyclic) bond motifs is 1. The van der Waals surface area contributed by atoms with E-state index in [1.165, 1.54) is 7.76 Å². The molecule has 2 rings (SSSR count). The number of hydrogen-bond donors (Lipinski definition) is 0. The highest BCUT2D eigenvalue weighted by Gasteiger charge is 2.20. The Hall–Kier alpha value is 0.0300. The average Bonchev–Trinajstić information content (AvgIpc) is 2.30. The second-order valence-corrected chi connectivity index (χ2v) is 5.32. The number of thiophene rings is 1. The van der Waals surface area contributed by atoms with Crippen molar-refractivity contribution in [3.8, 4) is 11.5 Å². The van der Waals surface area contributed by atoms with Gasteiger partial charge in [0, 0.05) is 4.88 Å². The standard InChI is InChI=1S/C7H7IO2S/c1-4-5-6(7(8)11-4)10-3-2-9-5/h2-3H2,1H3. The van der Waals surface area contributed by atoms with Gasteiger partial charge in [0.25, 0.3) is 0 Å². The molecule has 4 heteroatoms. The molecule has 0 unspecified atom stereocenters. The minimum atomic E-state index is 0.680. The topological polar surface area (TPSA) is 18.5 Å². The molecule has 0 N–H and O–H groups in total. The van der Waals surface area contributed by atoms with Gasteiger partial charge < -0.3 is 9.47 Å². The van der Waals surface area contributed by atoms with Crippen LogP contribution in [0.15, 0.2) is 0 Å². The van der Waals surface area contributed by atoms with Gasteiger partial charge in [0.05, 0.1) is 0 Å². The molecule has 0 spiro atoms. The highest BCUT2D eigenvalue weighted by Crippen LogP contribution is 2.43. The maximum atomic E-state index is 5.46. The van der Waals surface area contributed by atoms with E-state index in [2.05, 4.69) is 29.5 Å². The molecule has 1 aliphatic rings. The van der Waals surface area contributed by atoms with Crippen LogP contribution in [-0.4, -0.2) is 13.2 Å². The molecule has 11 heavy (non-hydrogen) atoms. The lowest BCUT2D eigenvalue weighted by molar-refractivity contribution is 0.171. The first-order valence-electron chi connectivity index (χ1n) is 3.33. The van der Waals surface area contributed by atoms with E-state index in [0.717, 1.165) is 11.5 Å². The second kappa shape index (κ2) is 2.82. The fourth-order valence-electron chi connectivity index (χ4n) is 1.05. The molecule has 0 bridgehead atoms. The van der Waals surface area contributed by atoms with Crippen LogP contribution in [0.25, 0.3) is 0 Å². The highest BCUT2D eigenvalue weighted by atomic mass is 127. The summed E-state index contributed by atoms with van der Waals surface area (Å²) < 4.78 is 12.1. The normalized spacial score (nSPS) is 15.1. The molecule has 1 aromatic heterocycles. The first kappa shape index (κ1) is 7.67. The van der Waals surface area contributed by atoms with Crippen LogP contribution >= 0.6 is 33.9 Å². The van der Waals surface area contributed by atoms with Crippen LogP contribution in [0.2, 0.25) is 0 Å². The minimum Gasteiger partial charge on any atom is -0.485 e. The first-order valence-corrected chi connectivity index (χ1v) is 5.23. The van der Waals surface area contributed by atoms with E-state index in [4.69, 9.17) is 9.47 Å². The quantitative estimate of drug-likeness (QED) is 0.680. The van der Waals surface area contributed by atoms with Crippen LogP contribution in [-0.2, 0) is 0 Å². The van der Waals surface area contributed by atoms with Gasteiger partial charge in [-0.3, -0.25) is 0 Å². The van der Waals surface area contributed by atoms with Gasteiger partial charge in [0.1, 0.15) is 16.1 Å². The lowest BCUT2D eigenvalue weighted by Gasteiger charge is -2.15. The summed E-state index contributed by atoms with van der Waals surface area (Å²) in [7, 11) is 0. The zero-order valence-electron chi connectivity index (χ0n) is 6.02. The highest BCUT2D eigenvalue weighted by molar-refractivity contribution is 14.1. The monoisotopic (exact) mass is 282 g/mol. The third kappa shape index (κ3) is 1.22. The van der Waals surface area contributed by atoms with Crippen molar-refractivity contribution in [2.24, 2.45) is 0 Å². The van der Waals surface area contributed by atoms with E-state index >= 15 is 0 Å². The van der Waals surface area contributed by atoms with Crippen LogP contribution < -0.4 is 9.47 Å². The predicted octanol–water partition coefficient (Wildman–Crippen LogP) is 2.43. The SMILES string of the molecule is Cc1sc(I)c2c1OCCO2. The first-order chi connectivity index (χ1) is 5.29. The Balaban J connectivity index is 2.52. The number of halogens is 1. The molecule has 1 aromatic rings. The van der Waals surface area contributed by atoms with Gasteiger partial charge in [-0.2, -0.15) is 0 Å². The molecule has 0 aliphatic carbocycles. The summed E-state index contributed by atoms with van der Waals surface area (Å²) in [6.45, 7) is 3.42. The molecule has 2 nitrogen and oxygen atoms in total. The number of hydrogen-bond acceptors (Lipinski definition) is 3. The fourth-order valence-corrected chi connectivity index (χ4v) is 3.20.